The number of hydrogen-bond donors (Lipinski definition) is 2. The largest absolute Gasteiger partial charge is 0.506 e. The van der Waals surface area contributed by atoms with E-state index in [0.717, 1.165) is 12.0 Å². The predicted octanol–water partition coefficient (Wildman–Crippen LogP) is 6.82. The monoisotopic (exact) mass is 513 g/mol. The molecule has 4 aromatic rings. The number of non-ortho nitro benzene ring substituents is 1. The molecule has 0 atom stereocenters. The van der Waals surface area contributed by atoms with E-state index < -0.39 is 16.9 Å². The first kappa shape index (κ1) is 26.2. The number of nitrogens with one attached hydrogen (secondary N) is 1. The van der Waals surface area contributed by atoms with Crippen LogP contribution in [0.25, 0.3) is 10.8 Å². The zero-order valence-corrected chi connectivity index (χ0v) is 21.0. The molecule has 0 bridgehead atoms. The van der Waals surface area contributed by atoms with Crippen LogP contribution in [0.15, 0.2) is 78.9 Å². The van der Waals surface area contributed by atoms with Gasteiger partial charge in [0, 0.05) is 35.1 Å². The van der Waals surface area contributed by atoms with Crippen molar-refractivity contribution in [2.45, 2.75) is 26.7 Å². The second-order valence-corrected chi connectivity index (χ2v) is 8.73. The van der Waals surface area contributed by atoms with Gasteiger partial charge >= 0.3 is 6.09 Å². The maximum atomic E-state index is 13.2. The highest BCUT2D eigenvalue weighted by atomic mass is 16.6. The van der Waals surface area contributed by atoms with E-state index in [-0.39, 0.29) is 22.7 Å². The number of ether oxygens (including phenoxy) is 1. The fraction of sp³-hybridized carbons (Fsp3) is 0.172. The van der Waals surface area contributed by atoms with E-state index in [0.29, 0.717) is 35.1 Å². The van der Waals surface area contributed by atoms with Crippen LogP contribution in [0.1, 0.15) is 35.7 Å². The molecule has 0 heterocycles. The zero-order chi connectivity index (χ0) is 27.2. The minimum atomic E-state index is -0.666. The molecule has 0 unspecified atom stereocenters. The molecule has 0 fully saturated rings. The Hall–Kier alpha value is -4.92. The van der Waals surface area contributed by atoms with Crippen LogP contribution in [0.5, 0.6) is 11.5 Å². The second-order valence-electron chi connectivity index (χ2n) is 8.73. The Kier molecular flexibility index (Phi) is 7.86. The summed E-state index contributed by atoms with van der Waals surface area (Å²) in [4.78, 5) is 38.0. The number of para-hydroxylation sites is 1. The lowest BCUT2D eigenvalue weighted by atomic mass is 10.0. The lowest BCUT2D eigenvalue weighted by Gasteiger charge is -2.24. The summed E-state index contributed by atoms with van der Waals surface area (Å²) < 4.78 is 5.52. The van der Waals surface area contributed by atoms with Crippen LogP contribution in [-0.4, -0.2) is 28.6 Å². The van der Waals surface area contributed by atoms with Crippen molar-refractivity contribution in [2.24, 2.45) is 0 Å². The third-order valence-corrected chi connectivity index (χ3v) is 6.15. The Balaban J connectivity index is 1.66. The van der Waals surface area contributed by atoms with Gasteiger partial charge in [-0.15, -0.1) is 0 Å². The summed E-state index contributed by atoms with van der Waals surface area (Å²) in [6.45, 7) is 4.22. The SMILES string of the molecule is CCCCN(C(=O)Oc1ccc([N+](=O)[O-])cc1)c1cccc2c(O)c(C(=O)Nc3ccccc3C)ccc12. The van der Waals surface area contributed by atoms with E-state index in [1.807, 2.05) is 32.0 Å². The molecule has 0 radical (unpaired) electrons. The van der Waals surface area contributed by atoms with Crippen LogP contribution in [-0.2, 0) is 0 Å². The number of aromatic hydroxyl groups is 1. The van der Waals surface area contributed by atoms with Gasteiger partial charge in [-0.25, -0.2) is 4.79 Å². The van der Waals surface area contributed by atoms with Gasteiger partial charge in [0.15, 0.2) is 0 Å². The number of nitro benzene ring substituents is 1. The molecule has 4 rings (SSSR count). The molecule has 0 aliphatic rings. The van der Waals surface area contributed by atoms with Crippen LogP contribution < -0.4 is 15.0 Å². The van der Waals surface area contributed by atoms with Crippen molar-refractivity contribution < 1.29 is 24.4 Å². The third kappa shape index (κ3) is 5.57. The van der Waals surface area contributed by atoms with Crippen molar-refractivity contribution in [3.8, 4) is 11.5 Å². The van der Waals surface area contributed by atoms with Crippen molar-refractivity contribution in [3.05, 3.63) is 100 Å². The topological polar surface area (TPSA) is 122 Å². The van der Waals surface area contributed by atoms with E-state index in [2.05, 4.69) is 5.32 Å². The van der Waals surface area contributed by atoms with Gasteiger partial charge in [0.1, 0.15) is 11.5 Å². The standard InChI is InChI=1S/C29H27N3O6/c1-3-4-18-31(29(35)38-21-14-12-20(13-15-21)32(36)37)26-11-7-9-23-22(26)16-17-24(27(23)33)28(34)30-25-10-6-5-8-19(25)2/h5-17,33H,3-4,18H2,1-2H3,(H,30,34). The van der Waals surface area contributed by atoms with Crippen molar-refractivity contribution >= 4 is 39.8 Å². The van der Waals surface area contributed by atoms with Gasteiger partial charge in [-0.2, -0.15) is 0 Å². The summed E-state index contributed by atoms with van der Waals surface area (Å²) in [6, 6.07) is 20.9. The van der Waals surface area contributed by atoms with Crippen molar-refractivity contribution in [3.63, 3.8) is 0 Å². The summed E-state index contributed by atoms with van der Waals surface area (Å²) in [5.74, 6) is -0.487. The Morgan fingerprint density at radius 1 is 0.974 bits per heavy atom. The quantitative estimate of drug-likeness (QED) is 0.197. The highest BCUT2D eigenvalue weighted by Crippen LogP contribution is 2.36. The number of rotatable bonds is 8. The highest BCUT2D eigenvalue weighted by molar-refractivity contribution is 6.12. The van der Waals surface area contributed by atoms with E-state index >= 15 is 0 Å². The average molecular weight is 514 g/mol. The number of benzene rings is 4. The lowest BCUT2D eigenvalue weighted by Crippen LogP contribution is -2.34. The zero-order valence-electron chi connectivity index (χ0n) is 21.0. The number of anilines is 2. The van der Waals surface area contributed by atoms with Gasteiger partial charge in [0.05, 0.1) is 16.2 Å². The molecule has 9 nitrogen and oxygen atoms in total. The Labute approximate surface area is 219 Å². The highest BCUT2D eigenvalue weighted by Gasteiger charge is 2.23. The number of nitro groups is 1. The van der Waals surface area contributed by atoms with Gasteiger partial charge < -0.3 is 15.2 Å². The molecular weight excluding hydrogens is 486 g/mol. The van der Waals surface area contributed by atoms with Crippen LogP contribution in [0, 0.1) is 17.0 Å². The van der Waals surface area contributed by atoms with Crippen LogP contribution in [0.3, 0.4) is 0 Å². The molecule has 194 valence electrons. The first-order chi connectivity index (χ1) is 18.3. The minimum absolute atomic E-state index is 0.103. The number of carbonyl (C=O) groups excluding carboxylic acids is 2. The van der Waals surface area contributed by atoms with Crippen LogP contribution in [0.4, 0.5) is 21.9 Å². The maximum Gasteiger partial charge on any atom is 0.419 e. The van der Waals surface area contributed by atoms with Crippen LogP contribution in [0.2, 0.25) is 0 Å². The molecule has 0 saturated heterocycles. The fourth-order valence-electron chi connectivity index (χ4n) is 4.06. The summed E-state index contributed by atoms with van der Waals surface area (Å²) in [7, 11) is 0. The average Bonchev–Trinajstić information content (AvgIpc) is 2.91. The molecule has 4 aromatic carbocycles. The van der Waals surface area contributed by atoms with Gasteiger partial charge in [-0.1, -0.05) is 49.7 Å². The molecule has 2 N–H and O–H groups in total. The molecule has 0 saturated carbocycles. The van der Waals surface area contributed by atoms with E-state index in [9.17, 15) is 24.8 Å². The molecule has 0 aliphatic carbocycles. The number of phenols is 1. The van der Waals surface area contributed by atoms with E-state index in [1.165, 1.54) is 35.2 Å². The first-order valence-electron chi connectivity index (χ1n) is 12.2. The molecule has 9 heteroatoms. The molecular formula is C29H27N3O6. The number of amides is 2. The summed E-state index contributed by atoms with van der Waals surface area (Å²) in [5.41, 5.74) is 2.03. The van der Waals surface area contributed by atoms with Gasteiger partial charge in [0.25, 0.3) is 11.6 Å². The van der Waals surface area contributed by atoms with Gasteiger partial charge in [0.2, 0.25) is 0 Å². The Morgan fingerprint density at radius 3 is 2.39 bits per heavy atom. The second kappa shape index (κ2) is 11.4. The van der Waals surface area contributed by atoms with Crippen molar-refractivity contribution in [2.75, 3.05) is 16.8 Å². The number of carbonyl (C=O) groups is 2. The van der Waals surface area contributed by atoms with Crippen molar-refractivity contribution in [1.29, 1.82) is 0 Å². The van der Waals surface area contributed by atoms with E-state index in [4.69, 9.17) is 4.74 Å². The number of unbranched alkanes of at least 4 members (excludes halogenated alkanes) is 1. The molecule has 2 amide bonds. The normalized spacial score (nSPS) is 10.7. The van der Waals surface area contributed by atoms with Gasteiger partial charge in [-0.05, 0) is 49.2 Å². The number of phenolic OH excluding ortho intramolecular Hbond substituents is 1. The summed E-state index contributed by atoms with van der Waals surface area (Å²) in [6.07, 6.45) is 0.843. The number of aryl methyl sites for hydroxylation is 1. The third-order valence-electron chi connectivity index (χ3n) is 6.15. The van der Waals surface area contributed by atoms with E-state index in [1.54, 1.807) is 30.3 Å². The Bertz CT molecular complexity index is 1500. The first-order valence-corrected chi connectivity index (χ1v) is 12.2. The lowest BCUT2D eigenvalue weighted by molar-refractivity contribution is -0.384. The maximum absolute atomic E-state index is 13.2. The number of fused-ring (bicyclic) bond motifs is 1. The molecule has 0 aromatic heterocycles. The Morgan fingerprint density at radius 2 is 1.71 bits per heavy atom. The molecule has 0 spiro atoms. The molecule has 0 aliphatic heterocycles. The molecule has 38 heavy (non-hydrogen) atoms. The number of nitrogens with zero attached hydrogens (tertiary/aromatic N) is 2. The summed E-state index contributed by atoms with van der Waals surface area (Å²) in [5, 5.41) is 25.8. The number of hydrogen-bond acceptors (Lipinski definition) is 6. The smallest absolute Gasteiger partial charge is 0.419 e. The minimum Gasteiger partial charge on any atom is -0.506 e. The fourth-order valence-corrected chi connectivity index (χ4v) is 4.06. The summed E-state index contributed by atoms with van der Waals surface area (Å²) >= 11 is 0. The predicted molar refractivity (Wildman–Crippen MR) is 146 cm³/mol. The van der Waals surface area contributed by atoms with Crippen molar-refractivity contribution in [1.82, 2.24) is 0 Å². The van der Waals surface area contributed by atoms with Gasteiger partial charge in [-0.3, -0.25) is 19.8 Å². The van der Waals surface area contributed by atoms with Crippen LogP contribution >= 0.6 is 0 Å².